The summed E-state index contributed by atoms with van der Waals surface area (Å²) in [6.07, 6.45) is 1.32. The fourth-order valence-electron chi connectivity index (χ4n) is 3.62. The lowest BCUT2D eigenvalue weighted by Gasteiger charge is -2.35. The minimum Gasteiger partial charge on any atom is -0.376 e. The van der Waals surface area contributed by atoms with Crippen molar-refractivity contribution in [2.45, 2.75) is 44.5 Å². The van der Waals surface area contributed by atoms with E-state index in [0.29, 0.717) is 31.6 Å². The highest BCUT2D eigenvalue weighted by Gasteiger charge is 2.39. The summed E-state index contributed by atoms with van der Waals surface area (Å²) in [6, 6.07) is 4.87. The number of nitrogens with zero attached hydrogens (tertiary/aromatic N) is 1. The molecule has 0 saturated carbocycles. The third-order valence-corrected chi connectivity index (χ3v) is 5.13. The number of amides is 3. The van der Waals surface area contributed by atoms with Gasteiger partial charge in [-0.2, -0.15) is 0 Å². The molecule has 0 spiro atoms. The molecule has 152 valence electrons. The second-order valence-electron chi connectivity index (χ2n) is 7.08. The highest BCUT2D eigenvalue weighted by Crippen LogP contribution is 2.32. The van der Waals surface area contributed by atoms with Gasteiger partial charge in [0.15, 0.2) is 0 Å². The Hall–Kier alpha value is -2.65. The summed E-state index contributed by atoms with van der Waals surface area (Å²) in [5, 5.41) is 18.6. The number of benzene rings is 1. The molecule has 1 fully saturated rings. The molecule has 6 N–H and O–H groups in total. The molecule has 9 nitrogen and oxygen atoms in total. The summed E-state index contributed by atoms with van der Waals surface area (Å²) in [7, 11) is 0. The largest absolute Gasteiger partial charge is 0.376 e. The number of aliphatic hydroxyl groups excluding tert-OH is 1. The predicted molar refractivity (Wildman–Crippen MR) is 103 cm³/mol. The van der Waals surface area contributed by atoms with Crippen LogP contribution in [0.25, 0.3) is 0 Å². The maximum Gasteiger partial charge on any atom is 0.254 e. The Kier molecular flexibility index (Phi) is 6.48. The zero-order valence-corrected chi connectivity index (χ0v) is 15.7. The van der Waals surface area contributed by atoms with Crippen LogP contribution in [0.15, 0.2) is 18.2 Å². The van der Waals surface area contributed by atoms with Crippen LogP contribution in [-0.4, -0.2) is 59.6 Å². The van der Waals surface area contributed by atoms with Crippen molar-refractivity contribution >= 4 is 23.4 Å². The first-order chi connectivity index (χ1) is 13.5. The summed E-state index contributed by atoms with van der Waals surface area (Å²) in [4.78, 5) is 37.8. The van der Waals surface area contributed by atoms with Crippen molar-refractivity contribution in [1.29, 1.82) is 0 Å². The van der Waals surface area contributed by atoms with Gasteiger partial charge in [0.2, 0.25) is 11.8 Å². The van der Waals surface area contributed by atoms with Crippen LogP contribution in [0.3, 0.4) is 0 Å². The predicted octanol–water partition coefficient (Wildman–Crippen LogP) is -0.494. The molecule has 1 saturated heterocycles. The third kappa shape index (κ3) is 4.42. The number of carbonyl (C=O) groups is 3. The van der Waals surface area contributed by atoms with Gasteiger partial charge in [0.25, 0.3) is 5.91 Å². The molecule has 2 aliphatic rings. The van der Waals surface area contributed by atoms with E-state index in [1.54, 1.807) is 17.0 Å². The van der Waals surface area contributed by atoms with Crippen molar-refractivity contribution in [3.8, 4) is 0 Å². The number of hydrogen-bond donors (Lipinski definition) is 5. The standard InChI is InChI=1S/C19H27N5O4/c20-8-1-2-9-21-17(26)10-22-14-5-3-4-12-13(14)11-24(19(12)28)15-6-7-16(25)23-18(15)27/h3-5,15,18,22,27H,1-2,6-11,20H2,(H,21,26)(H,23,25). The highest BCUT2D eigenvalue weighted by atomic mass is 16.3. The van der Waals surface area contributed by atoms with E-state index in [9.17, 15) is 19.5 Å². The molecule has 0 radical (unpaired) electrons. The fraction of sp³-hybridized carbons (Fsp3) is 0.526. The SMILES string of the molecule is NCCCCNC(=O)CNc1cccc2c1CN(C1CCC(=O)NC1O)C2=O. The number of piperidine rings is 1. The monoisotopic (exact) mass is 389 g/mol. The van der Waals surface area contributed by atoms with Crippen molar-refractivity contribution in [1.82, 2.24) is 15.5 Å². The lowest BCUT2D eigenvalue weighted by atomic mass is 10.0. The summed E-state index contributed by atoms with van der Waals surface area (Å²) in [5.41, 5.74) is 7.50. The Morgan fingerprint density at radius 3 is 2.89 bits per heavy atom. The number of rotatable bonds is 8. The van der Waals surface area contributed by atoms with Gasteiger partial charge in [-0.05, 0) is 37.9 Å². The van der Waals surface area contributed by atoms with Gasteiger partial charge in [-0.1, -0.05) is 6.07 Å². The van der Waals surface area contributed by atoms with Crippen LogP contribution in [0.1, 0.15) is 41.6 Å². The van der Waals surface area contributed by atoms with E-state index in [2.05, 4.69) is 16.0 Å². The molecule has 1 aromatic carbocycles. The summed E-state index contributed by atoms with van der Waals surface area (Å²) < 4.78 is 0. The zero-order chi connectivity index (χ0) is 20.1. The van der Waals surface area contributed by atoms with Crippen LogP contribution in [0.5, 0.6) is 0 Å². The molecule has 2 heterocycles. The van der Waals surface area contributed by atoms with Crippen molar-refractivity contribution < 1.29 is 19.5 Å². The van der Waals surface area contributed by atoms with Gasteiger partial charge in [0, 0.05) is 36.3 Å². The van der Waals surface area contributed by atoms with E-state index >= 15 is 0 Å². The molecular weight excluding hydrogens is 362 g/mol. The quantitative estimate of drug-likeness (QED) is 0.381. The van der Waals surface area contributed by atoms with Gasteiger partial charge in [-0.3, -0.25) is 14.4 Å². The van der Waals surface area contributed by atoms with Gasteiger partial charge in [0.05, 0.1) is 12.6 Å². The lowest BCUT2D eigenvalue weighted by Crippen LogP contribution is -2.55. The van der Waals surface area contributed by atoms with Crippen LogP contribution in [0, 0.1) is 0 Å². The van der Waals surface area contributed by atoms with E-state index in [0.717, 1.165) is 24.1 Å². The Bertz CT molecular complexity index is 754. The van der Waals surface area contributed by atoms with Gasteiger partial charge in [-0.15, -0.1) is 0 Å². The van der Waals surface area contributed by atoms with E-state index in [1.807, 2.05) is 6.07 Å². The minimum absolute atomic E-state index is 0.107. The number of fused-ring (bicyclic) bond motifs is 1. The second kappa shape index (κ2) is 9.03. The molecule has 9 heteroatoms. The Morgan fingerprint density at radius 2 is 2.14 bits per heavy atom. The van der Waals surface area contributed by atoms with Crippen molar-refractivity contribution in [3.05, 3.63) is 29.3 Å². The number of nitrogens with two attached hydrogens (primary N) is 1. The van der Waals surface area contributed by atoms with Crippen LogP contribution >= 0.6 is 0 Å². The van der Waals surface area contributed by atoms with Crippen LogP contribution in [0.2, 0.25) is 0 Å². The number of aliphatic hydroxyl groups is 1. The van der Waals surface area contributed by atoms with Crippen LogP contribution in [-0.2, 0) is 16.1 Å². The molecule has 3 amide bonds. The molecule has 0 bridgehead atoms. The third-order valence-electron chi connectivity index (χ3n) is 5.13. The number of carbonyl (C=O) groups excluding carboxylic acids is 3. The topological polar surface area (TPSA) is 137 Å². The summed E-state index contributed by atoms with van der Waals surface area (Å²) >= 11 is 0. The molecule has 2 unspecified atom stereocenters. The van der Waals surface area contributed by atoms with Crippen LogP contribution < -0.4 is 21.7 Å². The first-order valence-electron chi connectivity index (χ1n) is 9.62. The summed E-state index contributed by atoms with van der Waals surface area (Å²) in [6.45, 7) is 1.62. The highest BCUT2D eigenvalue weighted by molar-refractivity contribution is 6.00. The smallest absolute Gasteiger partial charge is 0.254 e. The molecule has 0 aliphatic carbocycles. The molecular formula is C19H27N5O4. The van der Waals surface area contributed by atoms with E-state index in [1.165, 1.54) is 0 Å². The first-order valence-corrected chi connectivity index (χ1v) is 9.62. The average Bonchev–Trinajstić information content (AvgIpc) is 3.01. The normalized spacial score (nSPS) is 21.3. The minimum atomic E-state index is -1.07. The summed E-state index contributed by atoms with van der Waals surface area (Å²) in [5.74, 6) is -0.515. The number of anilines is 1. The Morgan fingerprint density at radius 1 is 1.32 bits per heavy atom. The van der Waals surface area contributed by atoms with E-state index < -0.39 is 12.3 Å². The van der Waals surface area contributed by atoms with Crippen molar-refractivity contribution in [2.75, 3.05) is 25.0 Å². The molecule has 0 aromatic heterocycles. The molecule has 2 aliphatic heterocycles. The molecule has 1 aromatic rings. The van der Waals surface area contributed by atoms with Gasteiger partial charge >= 0.3 is 0 Å². The second-order valence-corrected chi connectivity index (χ2v) is 7.08. The average molecular weight is 389 g/mol. The Labute approximate surface area is 163 Å². The van der Waals surface area contributed by atoms with Crippen LogP contribution in [0.4, 0.5) is 5.69 Å². The lowest BCUT2D eigenvalue weighted by molar-refractivity contribution is -0.129. The van der Waals surface area contributed by atoms with Gasteiger partial charge in [-0.25, -0.2) is 0 Å². The fourth-order valence-corrected chi connectivity index (χ4v) is 3.62. The zero-order valence-electron chi connectivity index (χ0n) is 15.7. The van der Waals surface area contributed by atoms with Crippen molar-refractivity contribution in [2.24, 2.45) is 5.73 Å². The molecule has 2 atom stereocenters. The van der Waals surface area contributed by atoms with Crippen molar-refractivity contribution in [3.63, 3.8) is 0 Å². The Balaban J connectivity index is 1.62. The number of nitrogens with one attached hydrogen (secondary N) is 3. The maximum atomic E-state index is 12.8. The van der Waals surface area contributed by atoms with Gasteiger partial charge in [0.1, 0.15) is 6.23 Å². The molecule has 28 heavy (non-hydrogen) atoms. The van der Waals surface area contributed by atoms with E-state index in [4.69, 9.17) is 5.73 Å². The molecule has 3 rings (SSSR count). The van der Waals surface area contributed by atoms with E-state index in [-0.39, 0.29) is 30.7 Å². The first kappa shape index (κ1) is 20.1. The maximum absolute atomic E-state index is 12.8. The number of hydrogen-bond acceptors (Lipinski definition) is 6. The van der Waals surface area contributed by atoms with Gasteiger partial charge < -0.3 is 31.7 Å². The number of unbranched alkanes of at least 4 members (excludes halogenated alkanes) is 1.